The molecule has 42 heavy (non-hydrogen) atoms. The molecule has 2 aromatic carbocycles. The van der Waals surface area contributed by atoms with Crippen molar-refractivity contribution in [3.63, 3.8) is 0 Å². The third kappa shape index (κ3) is 8.07. The van der Waals surface area contributed by atoms with Gasteiger partial charge in [0.2, 0.25) is 0 Å². The van der Waals surface area contributed by atoms with Crippen LogP contribution in [0, 0.1) is 5.92 Å². The molecule has 0 amide bonds. The van der Waals surface area contributed by atoms with Gasteiger partial charge in [-0.25, -0.2) is 14.6 Å². The number of thiophene rings is 1. The van der Waals surface area contributed by atoms with Gasteiger partial charge in [0.1, 0.15) is 21.0 Å². The van der Waals surface area contributed by atoms with Gasteiger partial charge in [-0.1, -0.05) is 47.5 Å². The molecule has 0 aliphatic heterocycles. The van der Waals surface area contributed by atoms with Gasteiger partial charge in [-0.05, 0) is 54.0 Å². The first kappa shape index (κ1) is 31.4. The Morgan fingerprint density at radius 3 is 2.45 bits per heavy atom. The van der Waals surface area contributed by atoms with Crippen LogP contribution in [0.5, 0.6) is 11.5 Å². The molecule has 1 fully saturated rings. The summed E-state index contributed by atoms with van der Waals surface area (Å²) >= 11 is 14.0. The molecule has 0 saturated heterocycles. The number of aromatic amines is 1. The lowest BCUT2D eigenvalue weighted by molar-refractivity contribution is -0.377. The molecule has 0 spiro atoms. The summed E-state index contributed by atoms with van der Waals surface area (Å²) in [5.74, 6) is -1.19. The first-order chi connectivity index (χ1) is 19.8. The standard InChI is InChI=1S/C29H23Cl2F2NO6S.H2O/c30-20-12-34-13-21(31)19(20)11-23(17-7-8-22(40-29(32)33)24(9-17)37-14-16-5-6-16)39-27(35)15-38-28(36)26-10-18-3-1-2-4-25(18)41-26;/h1-4,7-10,12-13,16,23,29H,5-6,11,14-15H2;1H2/t23-;/m0./s1. The average molecular weight is 640 g/mol. The molecular weight excluding hydrogens is 615 g/mol. The van der Waals surface area contributed by atoms with Gasteiger partial charge < -0.3 is 24.4 Å². The fourth-order valence-electron chi connectivity index (χ4n) is 4.08. The van der Waals surface area contributed by atoms with E-state index in [9.17, 15) is 18.4 Å². The Balaban J connectivity index is 0.00000405. The number of nitrogens with one attached hydrogen (secondary N) is 1. The maximum Gasteiger partial charge on any atom is 0.387 e. The summed E-state index contributed by atoms with van der Waals surface area (Å²) in [7, 11) is 0. The van der Waals surface area contributed by atoms with Crippen LogP contribution in [0.25, 0.3) is 10.1 Å². The minimum atomic E-state index is -3.05. The Labute approximate surface area is 253 Å². The van der Waals surface area contributed by atoms with Crippen molar-refractivity contribution in [3.05, 3.63) is 87.0 Å². The quantitative estimate of drug-likeness (QED) is 0.154. The van der Waals surface area contributed by atoms with Gasteiger partial charge in [0.25, 0.3) is 0 Å². The zero-order valence-electron chi connectivity index (χ0n) is 21.9. The van der Waals surface area contributed by atoms with Crippen LogP contribution < -0.4 is 14.5 Å². The van der Waals surface area contributed by atoms with Crippen LogP contribution in [0.2, 0.25) is 10.0 Å². The topological polar surface area (TPSA) is 115 Å². The fourth-order valence-corrected chi connectivity index (χ4v) is 5.57. The van der Waals surface area contributed by atoms with Crippen LogP contribution in [0.4, 0.5) is 8.78 Å². The monoisotopic (exact) mass is 639 g/mol. The third-order valence-electron chi connectivity index (χ3n) is 6.33. The maximum absolute atomic E-state index is 13.0. The number of aromatic nitrogens is 1. The second-order valence-corrected chi connectivity index (χ2v) is 11.3. The molecule has 0 radical (unpaired) electrons. The van der Waals surface area contributed by atoms with Crippen molar-refractivity contribution >= 4 is 56.6 Å². The number of esters is 2. The third-order valence-corrected chi connectivity index (χ3v) is 8.11. The van der Waals surface area contributed by atoms with E-state index in [0.717, 1.165) is 22.9 Å². The molecule has 13 heteroatoms. The summed E-state index contributed by atoms with van der Waals surface area (Å²) in [4.78, 5) is 28.7. The van der Waals surface area contributed by atoms with E-state index < -0.39 is 31.3 Å². The number of hydrogen-bond acceptors (Lipinski definition) is 8. The van der Waals surface area contributed by atoms with Crippen molar-refractivity contribution in [3.8, 4) is 11.5 Å². The number of hydrogen-bond donors (Lipinski definition) is 0. The number of carbonyl (C=O) groups is 2. The summed E-state index contributed by atoms with van der Waals surface area (Å²) in [5.41, 5.74) is 0.905. The number of halogens is 4. The summed E-state index contributed by atoms with van der Waals surface area (Å²) in [5, 5.41) is 1.50. The minimum absolute atomic E-state index is 0. The van der Waals surface area contributed by atoms with Crippen LogP contribution in [0.3, 0.4) is 0 Å². The van der Waals surface area contributed by atoms with E-state index in [-0.39, 0.29) is 23.4 Å². The summed E-state index contributed by atoms with van der Waals surface area (Å²) in [6.45, 7) is -3.36. The van der Waals surface area contributed by atoms with E-state index in [0.29, 0.717) is 38.6 Å². The van der Waals surface area contributed by atoms with Gasteiger partial charge in [-0.15, -0.1) is 11.3 Å². The fraction of sp³-hybridized carbons (Fsp3) is 0.276. The molecule has 2 aromatic heterocycles. The van der Waals surface area contributed by atoms with E-state index in [1.165, 1.54) is 41.9 Å². The Bertz CT molecular complexity index is 1510. The van der Waals surface area contributed by atoms with Crippen LogP contribution in [0.1, 0.15) is 39.7 Å². The molecular formula is C29H25Cl2F2NO7S. The lowest BCUT2D eigenvalue weighted by Crippen LogP contribution is -2.20. The lowest BCUT2D eigenvalue weighted by Gasteiger charge is -2.21. The van der Waals surface area contributed by atoms with Crippen molar-refractivity contribution in [2.45, 2.75) is 32.0 Å². The van der Waals surface area contributed by atoms with Gasteiger partial charge in [-0.3, -0.25) is 0 Å². The average Bonchev–Trinajstić information content (AvgIpc) is 3.67. The molecule has 1 atom stereocenters. The zero-order valence-corrected chi connectivity index (χ0v) is 24.2. The summed E-state index contributed by atoms with van der Waals surface area (Å²) < 4.78 is 48.3. The SMILES string of the molecule is O=C(COC(=O)c1cc2ccccc2s1)O[C@@H](Cc1c(Cl)c[nH+]cc1Cl)c1ccc(OC(F)F)c(OCC2CC2)c1.[OH-]. The molecule has 1 saturated carbocycles. The molecule has 0 bridgehead atoms. The van der Waals surface area contributed by atoms with Crippen LogP contribution >= 0.6 is 34.5 Å². The molecule has 0 unspecified atom stereocenters. The number of benzene rings is 2. The van der Waals surface area contributed by atoms with Crippen molar-refractivity contribution in [2.24, 2.45) is 5.92 Å². The normalized spacial score (nSPS) is 13.4. The lowest BCUT2D eigenvalue weighted by atomic mass is 10.0. The van der Waals surface area contributed by atoms with Crippen LogP contribution in [-0.4, -0.2) is 37.2 Å². The van der Waals surface area contributed by atoms with Gasteiger partial charge >= 0.3 is 18.6 Å². The number of H-pyrrole nitrogens is 1. The van der Waals surface area contributed by atoms with Gasteiger partial charge in [0.05, 0.1) is 6.61 Å². The highest BCUT2D eigenvalue weighted by atomic mass is 35.5. The minimum Gasteiger partial charge on any atom is -0.870 e. The van der Waals surface area contributed by atoms with Gasteiger partial charge in [-0.2, -0.15) is 8.78 Å². The number of ether oxygens (including phenoxy) is 4. The van der Waals surface area contributed by atoms with E-state index in [1.54, 1.807) is 6.07 Å². The number of carbonyl (C=O) groups excluding carboxylic acids is 2. The second kappa shape index (κ2) is 14.1. The Kier molecular flexibility index (Phi) is 10.6. The summed E-state index contributed by atoms with van der Waals surface area (Å²) in [6, 6.07) is 13.5. The highest BCUT2D eigenvalue weighted by Crippen LogP contribution is 2.38. The maximum atomic E-state index is 13.0. The molecule has 2 N–H and O–H groups in total. The van der Waals surface area contributed by atoms with Crippen molar-refractivity contribution in [2.75, 3.05) is 13.2 Å². The van der Waals surface area contributed by atoms with Crippen molar-refractivity contribution in [1.29, 1.82) is 0 Å². The van der Waals surface area contributed by atoms with E-state index in [4.69, 9.17) is 37.4 Å². The van der Waals surface area contributed by atoms with Crippen LogP contribution in [0.15, 0.2) is 60.9 Å². The largest absolute Gasteiger partial charge is 0.870 e. The first-order valence-corrected chi connectivity index (χ1v) is 14.2. The van der Waals surface area contributed by atoms with Gasteiger partial charge in [0, 0.05) is 16.7 Å². The highest BCUT2D eigenvalue weighted by Gasteiger charge is 2.26. The number of fused-ring (bicyclic) bond motifs is 1. The molecule has 1 aliphatic carbocycles. The highest BCUT2D eigenvalue weighted by molar-refractivity contribution is 7.20. The summed E-state index contributed by atoms with van der Waals surface area (Å²) in [6.07, 6.45) is 4.10. The predicted molar refractivity (Wildman–Crippen MR) is 151 cm³/mol. The smallest absolute Gasteiger partial charge is 0.387 e. The van der Waals surface area contributed by atoms with E-state index >= 15 is 0 Å². The van der Waals surface area contributed by atoms with Crippen molar-refractivity contribution in [1.82, 2.24) is 0 Å². The molecule has 1 aliphatic rings. The second-order valence-electron chi connectivity index (χ2n) is 9.38. The number of rotatable bonds is 12. The zero-order chi connectivity index (χ0) is 28.9. The first-order valence-electron chi connectivity index (χ1n) is 12.7. The van der Waals surface area contributed by atoms with Crippen molar-refractivity contribution < 1.29 is 47.8 Å². The Hall–Kier alpha value is -3.51. The Morgan fingerprint density at radius 1 is 1.02 bits per heavy atom. The molecule has 8 nitrogen and oxygen atoms in total. The molecule has 5 rings (SSSR count). The number of alkyl halides is 2. The number of pyridine rings is 1. The van der Waals surface area contributed by atoms with E-state index in [1.807, 2.05) is 24.3 Å². The Morgan fingerprint density at radius 2 is 1.76 bits per heavy atom. The van der Waals surface area contributed by atoms with Crippen LogP contribution in [-0.2, 0) is 20.7 Å². The molecule has 222 valence electrons. The molecule has 4 aromatic rings. The molecule has 2 heterocycles. The predicted octanol–water partition coefficient (Wildman–Crippen LogP) is 6.92. The van der Waals surface area contributed by atoms with E-state index in [2.05, 4.69) is 9.72 Å². The van der Waals surface area contributed by atoms with Gasteiger partial charge in [0.15, 0.2) is 30.5 Å².